The van der Waals surface area contributed by atoms with E-state index in [-0.39, 0.29) is 5.56 Å². The lowest BCUT2D eigenvalue weighted by molar-refractivity contribution is 0.0697. The van der Waals surface area contributed by atoms with Crippen molar-refractivity contribution in [3.63, 3.8) is 0 Å². The fourth-order valence-corrected chi connectivity index (χ4v) is 1.69. The topological polar surface area (TPSA) is 94.0 Å². The van der Waals surface area contributed by atoms with Crippen LogP contribution in [0.25, 0.3) is 11.0 Å². The molecule has 3 aromatic rings. The highest BCUT2D eigenvalue weighted by Gasteiger charge is 2.10. The first-order chi connectivity index (χ1) is 8.74. The second-order valence-electron chi connectivity index (χ2n) is 3.75. The van der Waals surface area contributed by atoms with Gasteiger partial charge in [-0.15, -0.1) is 5.10 Å². The fraction of sp³-hybridized carbons (Fsp3) is 0.0909. The molecule has 90 valence electrons. The second-order valence-corrected chi connectivity index (χ2v) is 3.75. The number of rotatable bonds is 3. The van der Waals surface area contributed by atoms with E-state index in [1.54, 1.807) is 16.8 Å². The van der Waals surface area contributed by atoms with E-state index in [9.17, 15) is 4.79 Å². The van der Waals surface area contributed by atoms with Gasteiger partial charge in [0.25, 0.3) is 0 Å². The van der Waals surface area contributed by atoms with E-state index in [0.717, 1.165) is 0 Å². The monoisotopic (exact) mass is 244 g/mol. The van der Waals surface area contributed by atoms with Crippen LogP contribution in [-0.2, 0) is 6.54 Å². The summed E-state index contributed by atoms with van der Waals surface area (Å²) in [6.07, 6.45) is 1.47. The van der Waals surface area contributed by atoms with Gasteiger partial charge in [-0.1, -0.05) is 10.4 Å². The molecule has 7 nitrogen and oxygen atoms in total. The molecule has 0 aliphatic heterocycles. The first-order valence-corrected chi connectivity index (χ1v) is 5.20. The number of carboxylic acid groups (broad SMARTS) is 1. The molecule has 1 aromatic carbocycles. The zero-order valence-electron chi connectivity index (χ0n) is 9.15. The number of benzene rings is 1. The minimum absolute atomic E-state index is 0.200. The highest BCUT2D eigenvalue weighted by molar-refractivity contribution is 5.92. The Bertz CT molecular complexity index is 702. The van der Waals surface area contributed by atoms with Crippen LogP contribution in [0.2, 0.25) is 0 Å². The lowest BCUT2D eigenvalue weighted by Gasteiger charge is -1.99. The van der Waals surface area contributed by atoms with E-state index < -0.39 is 5.97 Å². The number of nitrogens with zero attached hydrogens (tertiary/aromatic N) is 4. The maximum atomic E-state index is 10.9. The summed E-state index contributed by atoms with van der Waals surface area (Å²) in [7, 11) is 0. The maximum absolute atomic E-state index is 10.9. The molecule has 0 radical (unpaired) electrons. The van der Waals surface area contributed by atoms with Gasteiger partial charge in [0, 0.05) is 6.07 Å². The highest BCUT2D eigenvalue weighted by Crippen LogP contribution is 2.14. The van der Waals surface area contributed by atoms with Gasteiger partial charge in [-0.3, -0.25) is 0 Å². The van der Waals surface area contributed by atoms with Gasteiger partial charge in [0.2, 0.25) is 0 Å². The van der Waals surface area contributed by atoms with Crippen LogP contribution in [0.15, 0.2) is 35.1 Å². The Balaban J connectivity index is 2.06. The summed E-state index contributed by atoms with van der Waals surface area (Å²) in [5.41, 5.74) is 2.19. The van der Waals surface area contributed by atoms with E-state index in [0.29, 0.717) is 23.3 Å². The zero-order chi connectivity index (χ0) is 12.5. The number of fused-ring (bicyclic) bond motifs is 1. The second kappa shape index (κ2) is 3.95. The third-order valence-corrected chi connectivity index (χ3v) is 2.56. The molecule has 7 heteroatoms. The van der Waals surface area contributed by atoms with E-state index in [4.69, 9.17) is 9.63 Å². The van der Waals surface area contributed by atoms with Gasteiger partial charge >= 0.3 is 5.97 Å². The van der Waals surface area contributed by atoms with Gasteiger partial charge in [-0.05, 0) is 18.2 Å². The minimum atomic E-state index is -0.980. The molecule has 18 heavy (non-hydrogen) atoms. The molecule has 2 heterocycles. The van der Waals surface area contributed by atoms with Crippen molar-refractivity contribution in [2.45, 2.75) is 6.54 Å². The number of aromatic carboxylic acids is 1. The van der Waals surface area contributed by atoms with Crippen molar-refractivity contribution in [3.8, 4) is 0 Å². The molecule has 0 fully saturated rings. The number of aromatic nitrogens is 4. The van der Waals surface area contributed by atoms with Gasteiger partial charge in [0.1, 0.15) is 17.5 Å². The Morgan fingerprint density at radius 1 is 1.39 bits per heavy atom. The molecular weight excluding hydrogens is 236 g/mol. The van der Waals surface area contributed by atoms with Crippen molar-refractivity contribution in [1.29, 1.82) is 0 Å². The van der Waals surface area contributed by atoms with Crippen molar-refractivity contribution in [2.75, 3.05) is 0 Å². The van der Waals surface area contributed by atoms with Crippen LogP contribution in [-0.4, -0.2) is 31.2 Å². The normalized spacial score (nSPS) is 10.9. The Morgan fingerprint density at radius 3 is 3.00 bits per heavy atom. The summed E-state index contributed by atoms with van der Waals surface area (Å²) in [6, 6.07) is 6.39. The Hall–Kier alpha value is -2.70. The molecule has 0 saturated carbocycles. The molecule has 2 aromatic heterocycles. The molecule has 0 amide bonds. The molecule has 0 saturated heterocycles. The summed E-state index contributed by atoms with van der Waals surface area (Å²) >= 11 is 0. The fourth-order valence-electron chi connectivity index (χ4n) is 1.69. The Kier molecular flexibility index (Phi) is 2.30. The van der Waals surface area contributed by atoms with Gasteiger partial charge < -0.3 is 9.63 Å². The van der Waals surface area contributed by atoms with Crippen LogP contribution in [0.3, 0.4) is 0 Å². The first kappa shape index (κ1) is 10.5. The molecule has 1 N–H and O–H groups in total. The summed E-state index contributed by atoms with van der Waals surface area (Å²) in [4.78, 5) is 10.9. The van der Waals surface area contributed by atoms with E-state index in [1.807, 2.05) is 0 Å². The molecular formula is C11H8N4O3. The van der Waals surface area contributed by atoms with Crippen LogP contribution in [0, 0.1) is 0 Å². The average Bonchev–Trinajstić information content (AvgIpc) is 2.99. The summed E-state index contributed by atoms with van der Waals surface area (Å²) in [5.74, 6) is -0.980. The van der Waals surface area contributed by atoms with E-state index >= 15 is 0 Å². The predicted molar refractivity (Wildman–Crippen MR) is 60.1 cm³/mol. The van der Waals surface area contributed by atoms with Crippen LogP contribution in [0.4, 0.5) is 0 Å². The average molecular weight is 244 g/mol. The third kappa shape index (κ3) is 1.71. The quantitative estimate of drug-likeness (QED) is 0.743. The number of carbonyl (C=O) groups is 1. The lowest BCUT2D eigenvalue weighted by atomic mass is 10.2. The molecule has 0 bridgehead atoms. The number of carboxylic acids is 1. The molecule has 0 unspecified atom stereocenters. The van der Waals surface area contributed by atoms with E-state index in [2.05, 4.69) is 15.5 Å². The lowest BCUT2D eigenvalue weighted by Crippen LogP contribution is -2.03. The van der Waals surface area contributed by atoms with Crippen LogP contribution in [0.5, 0.6) is 0 Å². The molecule has 0 aliphatic carbocycles. The maximum Gasteiger partial charge on any atom is 0.335 e. The molecule has 3 rings (SSSR count). The van der Waals surface area contributed by atoms with Gasteiger partial charge in [-0.25, -0.2) is 9.48 Å². The van der Waals surface area contributed by atoms with Crippen LogP contribution >= 0.6 is 0 Å². The molecule has 0 atom stereocenters. The predicted octanol–water partition coefficient (Wildman–Crippen LogP) is 1.17. The number of hydrogen-bond acceptors (Lipinski definition) is 5. The van der Waals surface area contributed by atoms with Gasteiger partial charge in [0.15, 0.2) is 0 Å². The molecule has 0 spiro atoms. The third-order valence-electron chi connectivity index (χ3n) is 2.56. The highest BCUT2D eigenvalue weighted by atomic mass is 16.5. The Labute approximate surface area is 101 Å². The Morgan fingerprint density at radius 2 is 2.28 bits per heavy atom. The summed E-state index contributed by atoms with van der Waals surface area (Å²) < 4.78 is 6.31. The summed E-state index contributed by atoms with van der Waals surface area (Å²) in [5, 5.41) is 20.7. The first-order valence-electron chi connectivity index (χ1n) is 5.20. The smallest absolute Gasteiger partial charge is 0.335 e. The molecule has 0 aliphatic rings. The van der Waals surface area contributed by atoms with Gasteiger partial charge in [-0.2, -0.15) is 0 Å². The van der Waals surface area contributed by atoms with Crippen molar-refractivity contribution in [3.05, 3.63) is 41.8 Å². The van der Waals surface area contributed by atoms with E-state index in [1.165, 1.54) is 18.4 Å². The van der Waals surface area contributed by atoms with Crippen molar-refractivity contribution in [1.82, 2.24) is 20.2 Å². The standard InChI is InChI=1S/C11H8N4O3/c16-11(17)7-1-2-9-10(5-7)15(14-12-9)6-8-3-4-18-13-8/h1-5H,6H2,(H,16,17). The van der Waals surface area contributed by atoms with Crippen LogP contribution < -0.4 is 0 Å². The SMILES string of the molecule is O=C(O)c1ccc2nnn(Cc3ccon3)c2c1. The van der Waals surface area contributed by atoms with Gasteiger partial charge in [0.05, 0.1) is 17.6 Å². The van der Waals surface area contributed by atoms with Crippen molar-refractivity contribution >= 4 is 17.0 Å². The number of hydrogen-bond donors (Lipinski definition) is 1. The zero-order valence-corrected chi connectivity index (χ0v) is 9.15. The van der Waals surface area contributed by atoms with Crippen LogP contribution in [0.1, 0.15) is 16.1 Å². The largest absolute Gasteiger partial charge is 0.478 e. The minimum Gasteiger partial charge on any atom is -0.478 e. The van der Waals surface area contributed by atoms with Crippen molar-refractivity contribution < 1.29 is 14.4 Å². The summed E-state index contributed by atoms with van der Waals surface area (Å²) in [6.45, 7) is 0.385. The van der Waals surface area contributed by atoms with Crippen molar-refractivity contribution in [2.24, 2.45) is 0 Å².